The SMILES string of the molecule is CC(C)c1cccc(C(C)C)c1N1CC[N+](c2c(C(C)C)cccc2C(C)C)=[P@@]12P=C2O[B-](c1c(F)c(F)c(F)c(F)c1F)(c1c(F)c(F)c(F)c(F)c1F)c1c(F)c(F)c(F)c(F)c1F. The summed E-state index contributed by atoms with van der Waals surface area (Å²) < 4.78 is 247. The first-order valence-electron chi connectivity index (χ1n) is 20.5. The minimum Gasteiger partial charge on any atom is -0.536 e. The van der Waals surface area contributed by atoms with Crippen LogP contribution in [-0.2, 0) is 4.65 Å². The van der Waals surface area contributed by atoms with E-state index in [1.807, 2.05) is 55.4 Å². The summed E-state index contributed by atoms with van der Waals surface area (Å²) in [6, 6.07) is 10.6. The summed E-state index contributed by atoms with van der Waals surface area (Å²) in [5.41, 5.74) is -4.75. The predicted molar refractivity (Wildman–Crippen MR) is 225 cm³/mol. The third-order valence-corrected chi connectivity index (χ3v) is 18.8. The zero-order valence-electron chi connectivity index (χ0n) is 36.1. The van der Waals surface area contributed by atoms with Gasteiger partial charge < -0.3 is 4.65 Å². The van der Waals surface area contributed by atoms with Crippen LogP contribution in [0.2, 0.25) is 0 Å². The van der Waals surface area contributed by atoms with E-state index in [0.717, 1.165) is 0 Å². The lowest BCUT2D eigenvalue weighted by Crippen LogP contribution is -2.75. The van der Waals surface area contributed by atoms with Crippen molar-refractivity contribution in [2.75, 3.05) is 17.8 Å². The van der Waals surface area contributed by atoms with E-state index in [9.17, 15) is 13.2 Å². The van der Waals surface area contributed by atoms with E-state index in [1.54, 1.807) is 45.4 Å². The Morgan fingerprint density at radius 1 is 0.470 bits per heavy atom. The van der Waals surface area contributed by atoms with Crippen molar-refractivity contribution in [1.29, 1.82) is 0 Å². The molecule has 2 heterocycles. The van der Waals surface area contributed by atoms with Crippen LogP contribution >= 0.6 is 14.8 Å². The minimum absolute atomic E-state index is 0.00857. The summed E-state index contributed by atoms with van der Waals surface area (Å²) in [5.74, 6) is -47.4. The van der Waals surface area contributed by atoms with Crippen molar-refractivity contribution in [3.05, 3.63) is 146 Å². The third kappa shape index (κ3) is 7.11. The first-order chi connectivity index (χ1) is 30.8. The van der Waals surface area contributed by atoms with E-state index in [4.69, 9.17) is 4.65 Å². The van der Waals surface area contributed by atoms with Gasteiger partial charge in [0.25, 0.3) is 6.89 Å². The molecular formula is C45H38BF15N2OP2. The van der Waals surface area contributed by atoms with Gasteiger partial charge in [-0.05, 0) is 34.8 Å². The average Bonchev–Trinajstić information content (AvgIpc) is 3.85. The van der Waals surface area contributed by atoms with Gasteiger partial charge in [0.15, 0.2) is 64.1 Å². The quantitative estimate of drug-likeness (QED) is 0.0431. The summed E-state index contributed by atoms with van der Waals surface area (Å²) >= 11 is 0. The number of para-hydroxylation sites is 2. The molecule has 0 saturated heterocycles. The predicted octanol–water partition coefficient (Wildman–Crippen LogP) is 13.2. The van der Waals surface area contributed by atoms with Gasteiger partial charge in [-0.15, -0.1) is 0 Å². The molecular weight excluding hydrogens is 942 g/mol. The van der Waals surface area contributed by atoms with Gasteiger partial charge in [-0.25, -0.2) is 65.9 Å². The standard InChI is InChI=1S/C45H38BF15N2OP2/c1-17(2)21-11-9-12-22(18(3)4)43(21)62-15-16-63(44-23(19(5)6)13-10-14-24(44)20(7)8)66(62)45(65-66)64-46(25-28(47)34(53)40(59)35(54)29(25)48,26-30(49)36(55)41(60)37(56)31(26)50)27-32(51)38(57)42(61)39(58)33(27)52/h9-14,17-20H,15-16H2,1-8H3. The summed E-state index contributed by atoms with van der Waals surface area (Å²) in [6.45, 7) is 10.8. The maximum Gasteiger partial charge on any atom is 0.296 e. The topological polar surface area (TPSA) is 15.5 Å². The Morgan fingerprint density at radius 3 is 1.06 bits per heavy atom. The molecule has 352 valence electrons. The van der Waals surface area contributed by atoms with E-state index in [-0.39, 0.29) is 44.7 Å². The number of hydrogen-bond acceptors (Lipinski definition) is 2. The molecule has 2 aliphatic rings. The van der Waals surface area contributed by atoms with E-state index in [0.29, 0.717) is 33.6 Å². The molecule has 2 aliphatic heterocycles. The molecule has 1 spiro atoms. The Balaban J connectivity index is 1.75. The molecule has 66 heavy (non-hydrogen) atoms. The van der Waals surface area contributed by atoms with Gasteiger partial charge in [-0.3, -0.25) is 4.67 Å². The van der Waals surface area contributed by atoms with Crippen LogP contribution in [0.4, 0.5) is 77.2 Å². The van der Waals surface area contributed by atoms with Crippen LogP contribution in [0, 0.1) is 87.3 Å². The molecule has 0 amide bonds. The molecule has 0 aromatic heterocycles. The normalized spacial score (nSPS) is 16.6. The van der Waals surface area contributed by atoms with Crippen LogP contribution in [-0.4, -0.2) is 29.0 Å². The van der Waals surface area contributed by atoms with Crippen LogP contribution in [0.5, 0.6) is 0 Å². The number of anilines is 1. The number of halogens is 15. The highest BCUT2D eigenvalue weighted by molar-refractivity contribution is 8.50. The van der Waals surface area contributed by atoms with Gasteiger partial charge in [0, 0.05) is 11.1 Å². The number of nitrogens with zero attached hydrogens (tertiary/aromatic N) is 2. The Labute approximate surface area is 370 Å². The maximum absolute atomic E-state index is 16.6. The van der Waals surface area contributed by atoms with E-state index in [1.165, 1.54) is 0 Å². The molecule has 0 saturated carbocycles. The number of hydrogen-bond donors (Lipinski definition) is 0. The van der Waals surface area contributed by atoms with Gasteiger partial charge >= 0.3 is 0 Å². The van der Waals surface area contributed by atoms with Gasteiger partial charge in [-0.1, -0.05) is 108 Å². The Bertz CT molecular complexity index is 2670. The van der Waals surface area contributed by atoms with E-state index in [2.05, 4.69) is 0 Å². The van der Waals surface area contributed by atoms with Gasteiger partial charge in [-0.2, -0.15) is 4.33 Å². The Hall–Kier alpha value is -4.73. The van der Waals surface area contributed by atoms with Crippen LogP contribution in [0.15, 0.2) is 36.4 Å². The third-order valence-electron chi connectivity index (χ3n) is 12.1. The minimum atomic E-state index is -6.29. The van der Waals surface area contributed by atoms with E-state index >= 15 is 52.7 Å². The van der Waals surface area contributed by atoms with Crippen LogP contribution in [0.25, 0.3) is 0 Å². The molecule has 7 rings (SSSR count). The molecule has 0 fully saturated rings. The van der Waals surface area contributed by atoms with Crippen molar-refractivity contribution < 1.29 is 74.8 Å². The molecule has 21 heteroatoms. The van der Waals surface area contributed by atoms with Crippen molar-refractivity contribution in [1.82, 2.24) is 0 Å². The molecule has 0 unspecified atom stereocenters. The molecule has 1 atom stereocenters. The molecule has 0 radical (unpaired) electrons. The largest absolute Gasteiger partial charge is 0.536 e. The molecule has 5 aromatic rings. The first kappa shape index (κ1) is 49.2. The highest BCUT2D eigenvalue weighted by Crippen LogP contribution is 2.84. The summed E-state index contributed by atoms with van der Waals surface area (Å²) in [4.78, 5) is 0. The fourth-order valence-electron chi connectivity index (χ4n) is 8.93. The Kier molecular flexibility index (Phi) is 13.0. The van der Waals surface area contributed by atoms with Crippen molar-refractivity contribution >= 4 is 54.1 Å². The second kappa shape index (κ2) is 17.4. The molecule has 5 aromatic carbocycles. The first-order valence-corrected chi connectivity index (χ1v) is 23.8. The maximum atomic E-state index is 16.6. The van der Waals surface area contributed by atoms with Crippen LogP contribution in [0.3, 0.4) is 0 Å². The zero-order valence-corrected chi connectivity index (χ0v) is 37.9. The number of rotatable bonds is 11. The van der Waals surface area contributed by atoms with Crippen molar-refractivity contribution in [2.45, 2.75) is 79.1 Å². The second-order valence-electron chi connectivity index (χ2n) is 17.2. The lowest BCUT2D eigenvalue weighted by atomic mass is 9.27. The monoisotopic (exact) mass is 980 g/mol. The van der Waals surface area contributed by atoms with Crippen molar-refractivity contribution in [3.8, 4) is 0 Å². The van der Waals surface area contributed by atoms with Gasteiger partial charge in [0.1, 0.15) is 34.9 Å². The number of benzene rings is 5. The molecule has 0 N–H and O–H groups in total. The second-order valence-corrected chi connectivity index (χ2v) is 23.0. The molecule has 0 aliphatic carbocycles. The van der Waals surface area contributed by atoms with Crippen LogP contribution in [0.1, 0.15) is 101 Å². The van der Waals surface area contributed by atoms with Gasteiger partial charge in [0.2, 0.25) is 12.0 Å². The van der Waals surface area contributed by atoms with Crippen molar-refractivity contribution in [2.24, 2.45) is 0 Å². The smallest absolute Gasteiger partial charge is 0.296 e. The summed E-state index contributed by atoms with van der Waals surface area (Å²) in [6.07, 6.45) is -6.29. The zero-order chi connectivity index (χ0) is 49.0. The molecule has 3 nitrogen and oxygen atoms in total. The lowest BCUT2D eigenvalue weighted by Gasteiger charge is -2.43. The average molecular weight is 981 g/mol. The Morgan fingerprint density at radius 2 is 0.758 bits per heavy atom. The highest BCUT2D eigenvalue weighted by atomic mass is 32.1. The van der Waals surface area contributed by atoms with E-state index < -0.39 is 122 Å². The van der Waals surface area contributed by atoms with Crippen LogP contribution < -0.4 is 21.1 Å². The fourth-order valence-corrected chi connectivity index (χ4v) is 16.2. The summed E-state index contributed by atoms with van der Waals surface area (Å²) in [5, 5.41) is -0.738. The molecule has 0 bridgehead atoms. The summed E-state index contributed by atoms with van der Waals surface area (Å²) in [7, 11) is -0.196. The van der Waals surface area contributed by atoms with Crippen molar-refractivity contribution in [3.63, 3.8) is 0 Å². The fraction of sp³-hybridized carbons (Fsp3) is 0.311. The highest BCUT2D eigenvalue weighted by Gasteiger charge is 2.62. The van der Waals surface area contributed by atoms with Gasteiger partial charge in [0.05, 0.1) is 20.1 Å². The lowest BCUT2D eigenvalue weighted by molar-refractivity contribution is -0.408.